The Morgan fingerprint density at radius 3 is 2.43 bits per heavy atom. The zero-order chi connectivity index (χ0) is 15.8. The Kier molecular flexibility index (Phi) is 7.45. The van der Waals surface area contributed by atoms with Gasteiger partial charge in [0.2, 0.25) is 5.91 Å². The molecule has 0 saturated heterocycles. The van der Waals surface area contributed by atoms with Crippen molar-refractivity contribution in [1.82, 2.24) is 10.6 Å². The molecule has 0 heterocycles. The van der Waals surface area contributed by atoms with Crippen LogP contribution in [0.1, 0.15) is 45.4 Å². The second kappa shape index (κ2) is 8.58. The minimum Gasteiger partial charge on any atom is -0.371 e. The van der Waals surface area contributed by atoms with Gasteiger partial charge >= 0.3 is 6.18 Å². The molecule has 0 aromatic carbocycles. The zero-order valence-electron chi connectivity index (χ0n) is 12.5. The molecule has 124 valence electrons. The first-order chi connectivity index (χ1) is 9.90. The molecule has 0 aromatic heterocycles. The molecule has 1 aliphatic rings. The van der Waals surface area contributed by atoms with Crippen molar-refractivity contribution in [3.63, 3.8) is 0 Å². The maximum absolute atomic E-state index is 12.3. The highest BCUT2D eigenvalue weighted by Crippen LogP contribution is 2.28. The fourth-order valence-electron chi connectivity index (χ4n) is 2.60. The molecule has 1 saturated carbocycles. The number of hydrogen-bond acceptors (Lipinski definition) is 3. The minimum atomic E-state index is -4.30. The van der Waals surface area contributed by atoms with Gasteiger partial charge < -0.3 is 15.4 Å². The van der Waals surface area contributed by atoms with Crippen molar-refractivity contribution >= 4 is 5.91 Å². The molecule has 21 heavy (non-hydrogen) atoms. The number of halogens is 3. The number of hydrogen-bond donors (Lipinski definition) is 2. The number of carbonyl (C=O) groups excluding carboxylic acids is 1. The molecule has 1 rings (SSSR count). The SMILES string of the molecule is CCCNC(=O)C1(NCCOCC(F)(F)F)CCCCC1. The molecule has 1 fully saturated rings. The van der Waals surface area contributed by atoms with Gasteiger partial charge in [-0.1, -0.05) is 26.2 Å². The van der Waals surface area contributed by atoms with E-state index in [-0.39, 0.29) is 19.1 Å². The van der Waals surface area contributed by atoms with Gasteiger partial charge in [-0.15, -0.1) is 0 Å². The lowest BCUT2D eigenvalue weighted by Gasteiger charge is -2.37. The summed E-state index contributed by atoms with van der Waals surface area (Å²) in [6, 6.07) is 0. The zero-order valence-corrected chi connectivity index (χ0v) is 12.5. The molecule has 7 heteroatoms. The molecule has 4 nitrogen and oxygen atoms in total. The predicted molar refractivity (Wildman–Crippen MR) is 74.0 cm³/mol. The molecule has 0 atom stereocenters. The summed E-state index contributed by atoms with van der Waals surface area (Å²) in [7, 11) is 0. The third-order valence-electron chi connectivity index (χ3n) is 3.65. The Balaban J connectivity index is 2.41. The van der Waals surface area contributed by atoms with Crippen molar-refractivity contribution in [1.29, 1.82) is 0 Å². The highest BCUT2D eigenvalue weighted by molar-refractivity contribution is 5.86. The van der Waals surface area contributed by atoms with Crippen LogP contribution < -0.4 is 10.6 Å². The van der Waals surface area contributed by atoms with Crippen LogP contribution in [0.4, 0.5) is 13.2 Å². The van der Waals surface area contributed by atoms with Gasteiger partial charge in [0, 0.05) is 13.1 Å². The fraction of sp³-hybridized carbons (Fsp3) is 0.929. The maximum atomic E-state index is 12.3. The molecule has 0 aromatic rings. The van der Waals surface area contributed by atoms with Crippen LogP contribution in [0.25, 0.3) is 0 Å². The van der Waals surface area contributed by atoms with E-state index in [4.69, 9.17) is 0 Å². The standard InChI is InChI=1S/C14H25F3N2O2/c1-2-8-18-12(20)13(6-4-3-5-7-13)19-9-10-21-11-14(15,16)17/h19H,2-11H2,1H3,(H,18,20). The molecule has 0 radical (unpaired) electrons. The van der Waals surface area contributed by atoms with Crippen molar-refractivity contribution < 1.29 is 22.7 Å². The number of rotatable bonds is 8. The van der Waals surface area contributed by atoms with Crippen LogP contribution in [0.15, 0.2) is 0 Å². The van der Waals surface area contributed by atoms with E-state index in [0.29, 0.717) is 6.54 Å². The van der Waals surface area contributed by atoms with E-state index in [2.05, 4.69) is 15.4 Å². The van der Waals surface area contributed by atoms with E-state index in [1.54, 1.807) is 0 Å². The van der Waals surface area contributed by atoms with Crippen molar-refractivity contribution in [2.24, 2.45) is 0 Å². The van der Waals surface area contributed by atoms with Gasteiger partial charge in [-0.25, -0.2) is 0 Å². The van der Waals surface area contributed by atoms with Crippen LogP contribution in [-0.4, -0.2) is 43.9 Å². The minimum absolute atomic E-state index is 0.0418. The van der Waals surface area contributed by atoms with E-state index in [1.807, 2.05) is 6.92 Å². The Hall–Kier alpha value is -0.820. The number of alkyl halides is 3. The summed E-state index contributed by atoms with van der Waals surface area (Å²) in [5, 5.41) is 6.01. The summed E-state index contributed by atoms with van der Waals surface area (Å²) in [6.07, 6.45) is 1.00. The third-order valence-corrected chi connectivity index (χ3v) is 3.65. The largest absolute Gasteiger partial charge is 0.411 e. The lowest BCUT2D eigenvalue weighted by molar-refractivity contribution is -0.173. The first-order valence-corrected chi connectivity index (χ1v) is 7.57. The van der Waals surface area contributed by atoms with Gasteiger partial charge in [0.1, 0.15) is 6.61 Å². The fourth-order valence-corrected chi connectivity index (χ4v) is 2.60. The molecule has 2 N–H and O–H groups in total. The van der Waals surface area contributed by atoms with E-state index in [9.17, 15) is 18.0 Å². The quantitative estimate of drug-likeness (QED) is 0.677. The van der Waals surface area contributed by atoms with Crippen LogP contribution >= 0.6 is 0 Å². The predicted octanol–water partition coefficient (Wildman–Crippen LogP) is 2.38. The molecule has 0 aliphatic heterocycles. The molecule has 1 amide bonds. The van der Waals surface area contributed by atoms with E-state index >= 15 is 0 Å². The monoisotopic (exact) mass is 310 g/mol. The highest BCUT2D eigenvalue weighted by Gasteiger charge is 2.38. The lowest BCUT2D eigenvalue weighted by atomic mass is 9.81. The first-order valence-electron chi connectivity index (χ1n) is 7.57. The summed E-state index contributed by atoms with van der Waals surface area (Å²) in [5.74, 6) is -0.0418. The molecule has 1 aliphatic carbocycles. The number of nitrogens with one attached hydrogen (secondary N) is 2. The summed E-state index contributed by atoms with van der Waals surface area (Å²) >= 11 is 0. The van der Waals surface area contributed by atoms with Gasteiger partial charge in [-0.3, -0.25) is 4.79 Å². The summed E-state index contributed by atoms with van der Waals surface area (Å²) in [4.78, 5) is 12.3. The van der Waals surface area contributed by atoms with E-state index < -0.39 is 18.3 Å². The van der Waals surface area contributed by atoms with Crippen molar-refractivity contribution in [3.8, 4) is 0 Å². The van der Waals surface area contributed by atoms with Gasteiger partial charge in [0.25, 0.3) is 0 Å². The number of ether oxygens (including phenoxy) is 1. The van der Waals surface area contributed by atoms with E-state index in [1.165, 1.54) is 0 Å². The third kappa shape index (κ3) is 6.65. The maximum Gasteiger partial charge on any atom is 0.411 e. The average molecular weight is 310 g/mol. The lowest BCUT2D eigenvalue weighted by Crippen LogP contribution is -2.58. The number of carbonyl (C=O) groups is 1. The normalized spacial score (nSPS) is 18.5. The first kappa shape index (κ1) is 18.2. The molecule has 0 bridgehead atoms. The van der Waals surface area contributed by atoms with Crippen molar-refractivity contribution in [2.45, 2.75) is 57.2 Å². The Labute approximate surface area is 123 Å². The van der Waals surface area contributed by atoms with Crippen LogP contribution in [0.3, 0.4) is 0 Å². The van der Waals surface area contributed by atoms with Crippen molar-refractivity contribution in [3.05, 3.63) is 0 Å². The summed E-state index contributed by atoms with van der Waals surface area (Å²) < 4.78 is 40.5. The second-order valence-electron chi connectivity index (χ2n) is 5.49. The molecular formula is C14H25F3N2O2. The molecule has 0 unspecified atom stereocenters. The van der Waals surface area contributed by atoms with Gasteiger partial charge in [0.05, 0.1) is 12.1 Å². The smallest absolute Gasteiger partial charge is 0.371 e. The molecular weight excluding hydrogens is 285 g/mol. The van der Waals surface area contributed by atoms with E-state index in [0.717, 1.165) is 38.5 Å². The molecule has 0 spiro atoms. The van der Waals surface area contributed by atoms with Crippen molar-refractivity contribution in [2.75, 3.05) is 26.3 Å². The average Bonchev–Trinajstić information content (AvgIpc) is 2.44. The Morgan fingerprint density at radius 1 is 1.19 bits per heavy atom. The number of amides is 1. The van der Waals surface area contributed by atoms with Crippen LogP contribution in [0.2, 0.25) is 0 Å². The van der Waals surface area contributed by atoms with Crippen LogP contribution in [0, 0.1) is 0 Å². The van der Waals surface area contributed by atoms with Crippen LogP contribution in [0.5, 0.6) is 0 Å². The van der Waals surface area contributed by atoms with Crippen LogP contribution in [-0.2, 0) is 9.53 Å². The second-order valence-corrected chi connectivity index (χ2v) is 5.49. The van der Waals surface area contributed by atoms with Gasteiger partial charge in [0.15, 0.2) is 0 Å². The summed E-state index contributed by atoms with van der Waals surface area (Å²) in [6.45, 7) is 1.54. The Morgan fingerprint density at radius 2 is 1.86 bits per heavy atom. The summed E-state index contributed by atoms with van der Waals surface area (Å²) in [5.41, 5.74) is -0.644. The highest BCUT2D eigenvalue weighted by atomic mass is 19.4. The Bertz CT molecular complexity index is 316. The topological polar surface area (TPSA) is 50.4 Å². The van der Waals surface area contributed by atoms with Gasteiger partial charge in [-0.2, -0.15) is 13.2 Å². The van der Waals surface area contributed by atoms with Gasteiger partial charge in [-0.05, 0) is 19.3 Å².